The molecule has 2 rings (SSSR count). The second-order valence-electron chi connectivity index (χ2n) is 5.36. The normalized spacial score (nSPS) is 20.1. The Balaban J connectivity index is 1.98. The average molecular weight is 237 g/mol. The minimum absolute atomic E-state index is 0.635. The highest BCUT2D eigenvalue weighted by Crippen LogP contribution is 2.18. The van der Waals surface area contributed by atoms with E-state index < -0.39 is 0 Å². The quantitative estimate of drug-likeness (QED) is 0.854. The molecule has 2 heterocycles. The molecule has 1 aromatic rings. The molecule has 96 valence electrons. The van der Waals surface area contributed by atoms with Gasteiger partial charge in [-0.25, -0.2) is 4.98 Å². The van der Waals surface area contributed by atoms with E-state index in [1.165, 1.54) is 6.42 Å². The van der Waals surface area contributed by atoms with Crippen molar-refractivity contribution in [2.24, 2.45) is 11.8 Å². The summed E-state index contributed by atoms with van der Waals surface area (Å²) in [5.41, 5.74) is 1.08. The zero-order valence-electron chi connectivity index (χ0n) is 11.1. The standard InChI is InChI=1S/C13H23N3O/c1-10(2)6-14-13-15-11(3)7-16(13)8-12-4-5-17-9-12/h7,10,12H,4-6,8-9H2,1-3H3,(H,14,15). The summed E-state index contributed by atoms with van der Waals surface area (Å²) in [7, 11) is 0. The molecular weight excluding hydrogens is 214 g/mol. The van der Waals surface area contributed by atoms with E-state index in [1.807, 2.05) is 6.92 Å². The molecule has 0 radical (unpaired) electrons. The summed E-state index contributed by atoms with van der Waals surface area (Å²) in [5, 5.41) is 3.42. The number of ether oxygens (including phenoxy) is 1. The molecular formula is C13H23N3O. The van der Waals surface area contributed by atoms with Crippen molar-refractivity contribution in [1.82, 2.24) is 9.55 Å². The largest absolute Gasteiger partial charge is 0.381 e. The first kappa shape index (κ1) is 12.4. The molecule has 1 saturated heterocycles. The second kappa shape index (κ2) is 5.54. The van der Waals surface area contributed by atoms with Gasteiger partial charge < -0.3 is 14.6 Å². The van der Waals surface area contributed by atoms with Crippen LogP contribution in [0.3, 0.4) is 0 Å². The van der Waals surface area contributed by atoms with Gasteiger partial charge in [0.15, 0.2) is 0 Å². The number of imidazole rings is 1. The SMILES string of the molecule is Cc1cn(CC2CCOC2)c(NCC(C)C)n1. The van der Waals surface area contributed by atoms with E-state index in [0.29, 0.717) is 11.8 Å². The molecule has 0 bridgehead atoms. The molecule has 1 N–H and O–H groups in total. The van der Waals surface area contributed by atoms with Crippen molar-refractivity contribution >= 4 is 5.95 Å². The topological polar surface area (TPSA) is 39.1 Å². The molecule has 1 unspecified atom stereocenters. The lowest BCUT2D eigenvalue weighted by atomic mass is 10.1. The van der Waals surface area contributed by atoms with Crippen LogP contribution in [0.5, 0.6) is 0 Å². The summed E-state index contributed by atoms with van der Waals surface area (Å²) >= 11 is 0. The van der Waals surface area contributed by atoms with E-state index in [-0.39, 0.29) is 0 Å². The highest BCUT2D eigenvalue weighted by Gasteiger charge is 2.17. The molecule has 0 amide bonds. The first-order valence-electron chi connectivity index (χ1n) is 6.50. The third-order valence-electron chi connectivity index (χ3n) is 3.04. The molecule has 4 heteroatoms. The minimum atomic E-state index is 0.635. The van der Waals surface area contributed by atoms with E-state index in [9.17, 15) is 0 Å². The first-order chi connectivity index (χ1) is 8.15. The predicted molar refractivity (Wildman–Crippen MR) is 69.2 cm³/mol. The lowest BCUT2D eigenvalue weighted by Crippen LogP contribution is -2.16. The summed E-state index contributed by atoms with van der Waals surface area (Å²) in [6, 6.07) is 0. The van der Waals surface area contributed by atoms with E-state index in [4.69, 9.17) is 4.74 Å². The molecule has 17 heavy (non-hydrogen) atoms. The maximum absolute atomic E-state index is 5.42. The van der Waals surface area contributed by atoms with Gasteiger partial charge in [-0.2, -0.15) is 0 Å². The zero-order valence-corrected chi connectivity index (χ0v) is 11.1. The summed E-state index contributed by atoms with van der Waals surface area (Å²) < 4.78 is 7.65. The summed E-state index contributed by atoms with van der Waals surface area (Å²) in [4.78, 5) is 4.54. The fraction of sp³-hybridized carbons (Fsp3) is 0.769. The van der Waals surface area contributed by atoms with E-state index >= 15 is 0 Å². The number of nitrogens with zero attached hydrogens (tertiary/aromatic N) is 2. The molecule has 1 aliphatic rings. The fourth-order valence-corrected chi connectivity index (χ4v) is 2.13. The van der Waals surface area contributed by atoms with Crippen molar-refractivity contribution < 1.29 is 4.74 Å². The maximum atomic E-state index is 5.42. The van der Waals surface area contributed by atoms with Crippen molar-refractivity contribution in [3.05, 3.63) is 11.9 Å². The van der Waals surface area contributed by atoms with Gasteiger partial charge in [-0.3, -0.25) is 0 Å². The molecule has 0 saturated carbocycles. The number of anilines is 1. The van der Waals surface area contributed by atoms with Crippen molar-refractivity contribution in [3.63, 3.8) is 0 Å². The van der Waals surface area contributed by atoms with Gasteiger partial charge in [-0.05, 0) is 19.3 Å². The summed E-state index contributed by atoms with van der Waals surface area (Å²) in [6.45, 7) is 10.2. The Morgan fingerprint density at radius 3 is 3.06 bits per heavy atom. The summed E-state index contributed by atoms with van der Waals surface area (Å²) in [6.07, 6.45) is 3.29. The number of hydrogen-bond donors (Lipinski definition) is 1. The van der Waals surface area contributed by atoms with Crippen LogP contribution >= 0.6 is 0 Å². The zero-order chi connectivity index (χ0) is 12.3. The van der Waals surface area contributed by atoms with Gasteiger partial charge in [0, 0.05) is 31.8 Å². The van der Waals surface area contributed by atoms with Crippen LogP contribution in [0.4, 0.5) is 5.95 Å². The Morgan fingerprint density at radius 1 is 1.59 bits per heavy atom. The van der Waals surface area contributed by atoms with E-state index in [1.54, 1.807) is 0 Å². The van der Waals surface area contributed by atoms with Crippen molar-refractivity contribution in [3.8, 4) is 0 Å². The Kier molecular flexibility index (Phi) is 4.05. The highest BCUT2D eigenvalue weighted by molar-refractivity contribution is 5.28. The number of aromatic nitrogens is 2. The fourth-order valence-electron chi connectivity index (χ4n) is 2.13. The van der Waals surface area contributed by atoms with Crippen LogP contribution < -0.4 is 5.32 Å². The van der Waals surface area contributed by atoms with Crippen molar-refractivity contribution in [2.45, 2.75) is 33.7 Å². The molecule has 0 spiro atoms. The molecule has 4 nitrogen and oxygen atoms in total. The van der Waals surface area contributed by atoms with Gasteiger partial charge in [0.05, 0.1) is 12.3 Å². The van der Waals surface area contributed by atoms with Gasteiger partial charge in [0.25, 0.3) is 0 Å². The Hall–Kier alpha value is -1.03. The first-order valence-corrected chi connectivity index (χ1v) is 6.50. The Bertz CT molecular complexity index is 354. The van der Waals surface area contributed by atoms with Gasteiger partial charge in [-0.15, -0.1) is 0 Å². The van der Waals surface area contributed by atoms with E-state index in [0.717, 1.165) is 37.9 Å². The van der Waals surface area contributed by atoms with Gasteiger partial charge >= 0.3 is 0 Å². The number of rotatable bonds is 5. The molecule has 0 aliphatic carbocycles. The minimum Gasteiger partial charge on any atom is -0.381 e. The van der Waals surface area contributed by atoms with Crippen LogP contribution in [-0.2, 0) is 11.3 Å². The van der Waals surface area contributed by atoms with Gasteiger partial charge in [0.1, 0.15) is 0 Å². The Labute approximate surface area is 103 Å². The maximum Gasteiger partial charge on any atom is 0.203 e. The van der Waals surface area contributed by atoms with Gasteiger partial charge in [0.2, 0.25) is 5.95 Å². The number of hydrogen-bond acceptors (Lipinski definition) is 3. The third-order valence-corrected chi connectivity index (χ3v) is 3.04. The molecule has 1 fully saturated rings. The highest BCUT2D eigenvalue weighted by atomic mass is 16.5. The van der Waals surface area contributed by atoms with Crippen LogP contribution in [0, 0.1) is 18.8 Å². The monoisotopic (exact) mass is 237 g/mol. The number of nitrogens with one attached hydrogen (secondary N) is 1. The predicted octanol–water partition coefficient (Wildman–Crippen LogP) is 2.30. The van der Waals surface area contributed by atoms with Crippen LogP contribution in [0.15, 0.2) is 6.20 Å². The number of aryl methyl sites for hydroxylation is 1. The van der Waals surface area contributed by atoms with Crippen LogP contribution in [0.2, 0.25) is 0 Å². The third kappa shape index (κ3) is 3.46. The lowest BCUT2D eigenvalue weighted by molar-refractivity contribution is 0.182. The van der Waals surface area contributed by atoms with Crippen LogP contribution in [-0.4, -0.2) is 29.3 Å². The smallest absolute Gasteiger partial charge is 0.203 e. The van der Waals surface area contributed by atoms with Crippen LogP contribution in [0.1, 0.15) is 26.0 Å². The van der Waals surface area contributed by atoms with Crippen molar-refractivity contribution in [2.75, 3.05) is 25.1 Å². The molecule has 1 aromatic heterocycles. The second-order valence-corrected chi connectivity index (χ2v) is 5.36. The van der Waals surface area contributed by atoms with E-state index in [2.05, 4.69) is 34.9 Å². The van der Waals surface area contributed by atoms with Crippen molar-refractivity contribution in [1.29, 1.82) is 0 Å². The molecule has 1 atom stereocenters. The average Bonchev–Trinajstić information content (AvgIpc) is 2.86. The van der Waals surface area contributed by atoms with Gasteiger partial charge in [-0.1, -0.05) is 13.8 Å². The van der Waals surface area contributed by atoms with Crippen LogP contribution in [0.25, 0.3) is 0 Å². The lowest BCUT2D eigenvalue weighted by Gasteiger charge is -2.13. The molecule has 1 aliphatic heterocycles. The summed E-state index contributed by atoms with van der Waals surface area (Å²) in [5.74, 6) is 2.28. The molecule has 0 aromatic carbocycles. The Morgan fingerprint density at radius 2 is 2.41 bits per heavy atom.